The van der Waals surface area contributed by atoms with Gasteiger partial charge in [0, 0.05) is 24.5 Å². The summed E-state index contributed by atoms with van der Waals surface area (Å²) in [6.45, 7) is 6.76. The maximum Gasteiger partial charge on any atom is 0.241 e. The van der Waals surface area contributed by atoms with Crippen LogP contribution in [0.15, 0.2) is 0 Å². The molecule has 0 aromatic heterocycles. The molecule has 2 atom stereocenters. The number of amides is 1. The van der Waals surface area contributed by atoms with Gasteiger partial charge in [0.25, 0.3) is 0 Å². The van der Waals surface area contributed by atoms with E-state index in [1.165, 1.54) is 32.1 Å². The summed E-state index contributed by atoms with van der Waals surface area (Å²) in [4.78, 5) is 12.7. The van der Waals surface area contributed by atoms with Gasteiger partial charge in [0.1, 0.15) is 5.54 Å². The van der Waals surface area contributed by atoms with Crippen molar-refractivity contribution in [3.8, 4) is 0 Å². The van der Waals surface area contributed by atoms with E-state index in [-0.39, 0.29) is 29.8 Å². The minimum absolute atomic E-state index is 0. The lowest BCUT2D eigenvalue weighted by atomic mass is 9.54. The molecule has 0 aromatic rings. The smallest absolute Gasteiger partial charge is 0.241 e. The van der Waals surface area contributed by atoms with Crippen LogP contribution in [0.2, 0.25) is 0 Å². The topological polar surface area (TPSA) is 64.3 Å². The molecule has 5 heteroatoms. The molecule has 0 heterocycles. The van der Waals surface area contributed by atoms with Crippen LogP contribution in [0.5, 0.6) is 0 Å². The number of rotatable bonds is 4. The minimum atomic E-state index is -0.783. The summed E-state index contributed by atoms with van der Waals surface area (Å²) in [6, 6.07) is 0.306. The number of hydrogen-bond acceptors (Lipinski definition) is 3. The molecule has 1 amide bonds. The van der Waals surface area contributed by atoms with Crippen LogP contribution >= 0.6 is 12.4 Å². The number of nitrogens with two attached hydrogens (primary N) is 1. The highest BCUT2D eigenvalue weighted by Crippen LogP contribution is 2.49. The molecule has 0 aliphatic heterocycles. The molecule has 2 aliphatic rings. The summed E-state index contributed by atoms with van der Waals surface area (Å²) in [5, 5.41) is 3.23. The van der Waals surface area contributed by atoms with E-state index in [0.29, 0.717) is 19.1 Å². The highest BCUT2D eigenvalue weighted by molar-refractivity contribution is 5.89. The maximum atomic E-state index is 12.7. The Hall–Kier alpha value is -0.320. The Kier molecular flexibility index (Phi) is 7.16. The minimum Gasteiger partial charge on any atom is -0.378 e. The van der Waals surface area contributed by atoms with Gasteiger partial charge in [-0.2, -0.15) is 0 Å². The number of carbonyl (C=O) groups excluding carboxylic acids is 1. The molecule has 4 nitrogen and oxygen atoms in total. The van der Waals surface area contributed by atoms with Gasteiger partial charge in [-0.25, -0.2) is 0 Å². The van der Waals surface area contributed by atoms with Crippen LogP contribution in [0.1, 0.15) is 72.1 Å². The molecule has 2 rings (SSSR count). The van der Waals surface area contributed by atoms with E-state index in [2.05, 4.69) is 19.2 Å². The Morgan fingerprint density at radius 1 is 1.18 bits per heavy atom. The molecule has 3 N–H and O–H groups in total. The lowest BCUT2D eigenvalue weighted by molar-refractivity contribution is -0.171. The van der Waals surface area contributed by atoms with Crippen molar-refractivity contribution < 1.29 is 9.53 Å². The Bertz CT molecular complexity index is 368. The van der Waals surface area contributed by atoms with Gasteiger partial charge in [-0.05, 0) is 19.8 Å². The average molecular weight is 333 g/mol. The Balaban J connectivity index is 0.00000242. The summed E-state index contributed by atoms with van der Waals surface area (Å²) in [5.74, 6) is 0.0222. The van der Waals surface area contributed by atoms with Crippen LogP contribution in [0.25, 0.3) is 0 Å². The summed E-state index contributed by atoms with van der Waals surface area (Å²) in [7, 11) is 0. The van der Waals surface area contributed by atoms with Crippen molar-refractivity contribution in [2.75, 3.05) is 6.61 Å². The van der Waals surface area contributed by atoms with E-state index < -0.39 is 5.54 Å². The zero-order valence-electron chi connectivity index (χ0n) is 14.3. The monoisotopic (exact) mass is 332 g/mol. The molecule has 2 aliphatic carbocycles. The number of carbonyl (C=O) groups is 1. The molecular formula is C17H33ClN2O2. The first-order valence-electron chi connectivity index (χ1n) is 8.63. The van der Waals surface area contributed by atoms with E-state index in [1.807, 2.05) is 6.92 Å². The fourth-order valence-electron chi connectivity index (χ4n) is 3.74. The molecule has 130 valence electrons. The lowest BCUT2D eigenvalue weighted by Gasteiger charge is -2.57. The van der Waals surface area contributed by atoms with E-state index in [9.17, 15) is 4.79 Å². The summed E-state index contributed by atoms with van der Waals surface area (Å²) in [5.41, 5.74) is 5.36. The van der Waals surface area contributed by atoms with E-state index in [4.69, 9.17) is 10.5 Å². The summed E-state index contributed by atoms with van der Waals surface area (Å²) in [6.07, 6.45) is 9.26. The lowest BCUT2D eigenvalue weighted by Crippen LogP contribution is -2.76. The zero-order chi connectivity index (χ0) is 15.5. The third-order valence-electron chi connectivity index (χ3n) is 5.68. The maximum absolute atomic E-state index is 12.7. The van der Waals surface area contributed by atoms with Crippen LogP contribution in [0, 0.1) is 5.41 Å². The summed E-state index contributed by atoms with van der Waals surface area (Å²) < 4.78 is 5.71. The third-order valence-corrected chi connectivity index (χ3v) is 5.68. The fraction of sp³-hybridized carbons (Fsp3) is 0.941. The molecule has 2 saturated carbocycles. The van der Waals surface area contributed by atoms with Gasteiger partial charge in [0.15, 0.2) is 0 Å². The second-order valence-electron chi connectivity index (χ2n) is 7.36. The summed E-state index contributed by atoms with van der Waals surface area (Å²) >= 11 is 0. The molecule has 2 unspecified atom stereocenters. The standard InChI is InChI=1S/C17H32N2O2.ClH/c1-4-21-14-12-17(18,16(14,2)3)15(20)19-13-10-8-6-5-7-9-11-13;/h13-14H,4-12,18H2,1-3H3,(H,19,20);1H. The van der Waals surface area contributed by atoms with Crippen LogP contribution < -0.4 is 11.1 Å². The first kappa shape index (κ1) is 19.7. The van der Waals surface area contributed by atoms with Crippen molar-refractivity contribution >= 4 is 18.3 Å². The molecule has 0 saturated heterocycles. The van der Waals surface area contributed by atoms with Crippen LogP contribution in [-0.2, 0) is 9.53 Å². The largest absolute Gasteiger partial charge is 0.378 e. The number of hydrogen-bond donors (Lipinski definition) is 2. The predicted molar refractivity (Wildman–Crippen MR) is 92.2 cm³/mol. The van der Waals surface area contributed by atoms with Crippen molar-refractivity contribution in [2.24, 2.45) is 11.1 Å². The van der Waals surface area contributed by atoms with E-state index >= 15 is 0 Å². The predicted octanol–water partition coefficient (Wildman–Crippen LogP) is 3.17. The molecule has 0 spiro atoms. The fourth-order valence-corrected chi connectivity index (χ4v) is 3.74. The van der Waals surface area contributed by atoms with Gasteiger partial charge in [0.2, 0.25) is 5.91 Å². The second kappa shape index (κ2) is 7.98. The zero-order valence-corrected chi connectivity index (χ0v) is 15.1. The molecule has 0 bridgehead atoms. The van der Waals surface area contributed by atoms with E-state index in [0.717, 1.165) is 12.8 Å². The molecular weight excluding hydrogens is 300 g/mol. The highest BCUT2D eigenvalue weighted by atomic mass is 35.5. The third kappa shape index (κ3) is 3.77. The first-order valence-corrected chi connectivity index (χ1v) is 8.63. The van der Waals surface area contributed by atoms with Crippen molar-refractivity contribution in [3.05, 3.63) is 0 Å². The molecule has 0 radical (unpaired) electrons. The van der Waals surface area contributed by atoms with Gasteiger partial charge in [-0.1, -0.05) is 46.0 Å². The van der Waals surface area contributed by atoms with Crippen LogP contribution in [0.3, 0.4) is 0 Å². The molecule has 0 aromatic carbocycles. The second-order valence-corrected chi connectivity index (χ2v) is 7.36. The van der Waals surface area contributed by atoms with Crippen molar-refractivity contribution in [1.82, 2.24) is 5.32 Å². The Labute approximate surface area is 141 Å². The average Bonchev–Trinajstić information content (AvgIpc) is 2.41. The van der Waals surface area contributed by atoms with Gasteiger partial charge >= 0.3 is 0 Å². The molecule has 2 fully saturated rings. The number of ether oxygens (including phenoxy) is 1. The number of halogens is 1. The van der Waals surface area contributed by atoms with E-state index in [1.54, 1.807) is 0 Å². The van der Waals surface area contributed by atoms with Gasteiger partial charge in [-0.3, -0.25) is 4.79 Å². The molecule has 22 heavy (non-hydrogen) atoms. The SMILES string of the molecule is CCOC1CC(N)(C(=O)NC2CCCCCCC2)C1(C)C.Cl. The van der Waals surface area contributed by atoms with Crippen molar-refractivity contribution in [2.45, 2.75) is 89.8 Å². The normalized spacial score (nSPS) is 32.1. The van der Waals surface area contributed by atoms with Crippen molar-refractivity contribution in [3.63, 3.8) is 0 Å². The van der Waals surface area contributed by atoms with Gasteiger partial charge in [-0.15, -0.1) is 12.4 Å². The van der Waals surface area contributed by atoms with Gasteiger partial charge < -0.3 is 15.8 Å². The van der Waals surface area contributed by atoms with Crippen LogP contribution in [-0.4, -0.2) is 30.2 Å². The Morgan fingerprint density at radius 2 is 1.73 bits per heavy atom. The first-order chi connectivity index (χ1) is 9.91. The quantitative estimate of drug-likeness (QED) is 0.831. The van der Waals surface area contributed by atoms with Crippen molar-refractivity contribution in [1.29, 1.82) is 0 Å². The highest BCUT2D eigenvalue weighted by Gasteiger charge is 2.62. The van der Waals surface area contributed by atoms with Gasteiger partial charge in [0.05, 0.1) is 6.10 Å². The van der Waals surface area contributed by atoms with Crippen LogP contribution in [0.4, 0.5) is 0 Å². The number of nitrogens with one attached hydrogen (secondary N) is 1. The Morgan fingerprint density at radius 3 is 2.23 bits per heavy atom.